The summed E-state index contributed by atoms with van der Waals surface area (Å²) in [6.45, 7) is 0. The fourth-order valence-electron chi connectivity index (χ4n) is 2.91. The highest BCUT2D eigenvalue weighted by atomic mass is 19.4. The number of nitrogens with one attached hydrogen (secondary N) is 1. The molecule has 2 aromatic heterocycles. The lowest BCUT2D eigenvalue weighted by atomic mass is 9.92. The van der Waals surface area contributed by atoms with Gasteiger partial charge >= 0.3 is 11.9 Å². The molecule has 0 bridgehead atoms. The van der Waals surface area contributed by atoms with Gasteiger partial charge in [0.05, 0.1) is 17.2 Å². The summed E-state index contributed by atoms with van der Waals surface area (Å²) in [5.41, 5.74) is 5.73. The summed E-state index contributed by atoms with van der Waals surface area (Å²) in [5.74, 6) is -0.410. The summed E-state index contributed by atoms with van der Waals surface area (Å²) < 4.78 is 44.3. The van der Waals surface area contributed by atoms with E-state index < -0.39 is 23.3 Å². The van der Waals surface area contributed by atoms with Gasteiger partial charge in [-0.1, -0.05) is 18.2 Å². The molecule has 1 unspecified atom stereocenters. The van der Waals surface area contributed by atoms with Crippen molar-refractivity contribution in [3.8, 4) is 11.5 Å². The van der Waals surface area contributed by atoms with Gasteiger partial charge in [-0.15, -0.1) is 0 Å². The maximum atomic E-state index is 13.0. The van der Waals surface area contributed by atoms with Gasteiger partial charge in [0.15, 0.2) is 5.76 Å². The zero-order chi connectivity index (χ0) is 17.1. The number of alkyl halides is 3. The van der Waals surface area contributed by atoms with Crippen molar-refractivity contribution in [1.82, 2.24) is 15.0 Å². The number of aromatic nitrogens is 3. The number of oxazole rings is 1. The second-order valence-electron chi connectivity index (χ2n) is 5.34. The van der Waals surface area contributed by atoms with E-state index in [-0.39, 0.29) is 11.8 Å². The molecule has 0 radical (unpaired) electrons. The fourth-order valence-corrected chi connectivity index (χ4v) is 2.91. The van der Waals surface area contributed by atoms with Crippen LogP contribution in [0, 0.1) is 0 Å². The van der Waals surface area contributed by atoms with E-state index in [4.69, 9.17) is 10.2 Å². The average molecular weight is 334 g/mol. The molecule has 4 rings (SSSR count). The topological polar surface area (TPSA) is 97.8 Å². The molecule has 6 nitrogen and oxygen atoms in total. The smallest absolute Gasteiger partial charge is 0.416 e. The van der Waals surface area contributed by atoms with E-state index in [1.54, 1.807) is 6.07 Å². The monoisotopic (exact) mass is 334 g/mol. The summed E-state index contributed by atoms with van der Waals surface area (Å²) in [4.78, 5) is 21.7. The number of nitrogens with two attached hydrogens (primary N) is 1. The standard InChI is InChI=1S/C15H9F3N4O2/c16-15(17,18)7-3-1-2-6(4-7)9-8-5-20-14(23)22-10(8)12-11(9)21-13(19)24-12/h1-5,9H,(H2,19,21)(H,20,22,23). The van der Waals surface area contributed by atoms with E-state index in [1.165, 1.54) is 12.3 Å². The Labute approximate surface area is 132 Å². The van der Waals surface area contributed by atoms with E-state index in [0.717, 1.165) is 12.1 Å². The number of hydrogen-bond donors (Lipinski definition) is 2. The molecule has 0 saturated carbocycles. The first-order chi connectivity index (χ1) is 11.3. The highest BCUT2D eigenvalue weighted by Crippen LogP contribution is 2.47. The minimum atomic E-state index is -4.47. The van der Waals surface area contributed by atoms with E-state index in [1.807, 2.05) is 0 Å². The molecule has 1 aromatic carbocycles. The quantitative estimate of drug-likeness (QED) is 0.557. The van der Waals surface area contributed by atoms with Crippen LogP contribution in [0.5, 0.6) is 0 Å². The minimum Gasteiger partial charge on any atom is -0.422 e. The Morgan fingerprint density at radius 2 is 2.08 bits per heavy atom. The van der Waals surface area contributed by atoms with Gasteiger partial charge in [0, 0.05) is 11.8 Å². The van der Waals surface area contributed by atoms with E-state index >= 15 is 0 Å². The van der Waals surface area contributed by atoms with Gasteiger partial charge in [0.25, 0.3) is 6.01 Å². The molecule has 0 saturated heterocycles. The molecule has 2 heterocycles. The van der Waals surface area contributed by atoms with Crippen molar-refractivity contribution in [1.29, 1.82) is 0 Å². The number of halogens is 3. The van der Waals surface area contributed by atoms with Crippen LogP contribution >= 0.6 is 0 Å². The first-order valence-corrected chi connectivity index (χ1v) is 6.87. The molecule has 1 aliphatic rings. The van der Waals surface area contributed by atoms with Crippen molar-refractivity contribution in [2.75, 3.05) is 5.73 Å². The van der Waals surface area contributed by atoms with Crippen LogP contribution in [0.25, 0.3) is 11.5 Å². The molecule has 0 fully saturated rings. The van der Waals surface area contributed by atoms with Crippen molar-refractivity contribution < 1.29 is 17.6 Å². The number of aromatic amines is 1. The van der Waals surface area contributed by atoms with Crippen molar-refractivity contribution >= 4 is 6.01 Å². The summed E-state index contributed by atoms with van der Waals surface area (Å²) in [5, 5.41) is 0. The number of anilines is 1. The summed E-state index contributed by atoms with van der Waals surface area (Å²) in [7, 11) is 0. The average Bonchev–Trinajstić information content (AvgIpc) is 3.01. The van der Waals surface area contributed by atoms with Gasteiger partial charge in [-0.2, -0.15) is 18.2 Å². The first-order valence-electron chi connectivity index (χ1n) is 6.87. The predicted octanol–water partition coefficient (Wildman–Crippen LogP) is 2.52. The number of benzene rings is 1. The Hall–Kier alpha value is -3.10. The van der Waals surface area contributed by atoms with Gasteiger partial charge in [-0.3, -0.25) is 0 Å². The second-order valence-corrected chi connectivity index (χ2v) is 5.34. The molecule has 3 N–H and O–H groups in total. The van der Waals surface area contributed by atoms with Crippen LogP contribution in [0.2, 0.25) is 0 Å². The molecule has 1 atom stereocenters. The number of nitrogen functional groups attached to an aromatic ring is 1. The third-order valence-corrected chi connectivity index (χ3v) is 3.87. The number of nitrogens with zero attached hydrogens (tertiary/aromatic N) is 2. The number of fused-ring (bicyclic) bond motifs is 3. The van der Waals surface area contributed by atoms with Gasteiger partial charge in [-0.05, 0) is 11.6 Å². The van der Waals surface area contributed by atoms with Crippen LogP contribution < -0.4 is 11.4 Å². The van der Waals surface area contributed by atoms with Crippen molar-refractivity contribution in [2.24, 2.45) is 0 Å². The van der Waals surface area contributed by atoms with Crippen LogP contribution in [-0.2, 0) is 6.18 Å². The minimum absolute atomic E-state index is 0.125. The fraction of sp³-hybridized carbons (Fsp3) is 0.133. The molecular formula is C15H9F3N4O2. The van der Waals surface area contributed by atoms with E-state index in [2.05, 4.69) is 15.0 Å². The lowest BCUT2D eigenvalue weighted by Crippen LogP contribution is -2.12. The molecule has 3 aromatic rings. The van der Waals surface area contributed by atoms with Gasteiger partial charge < -0.3 is 15.1 Å². The molecule has 24 heavy (non-hydrogen) atoms. The maximum absolute atomic E-state index is 13.0. The van der Waals surface area contributed by atoms with E-state index in [0.29, 0.717) is 22.5 Å². The zero-order valence-corrected chi connectivity index (χ0v) is 11.9. The predicted molar refractivity (Wildman–Crippen MR) is 77.2 cm³/mol. The van der Waals surface area contributed by atoms with Crippen molar-refractivity contribution in [2.45, 2.75) is 12.1 Å². The van der Waals surface area contributed by atoms with Gasteiger partial charge in [0.2, 0.25) is 0 Å². The van der Waals surface area contributed by atoms with E-state index in [9.17, 15) is 18.0 Å². The zero-order valence-electron chi connectivity index (χ0n) is 11.9. The molecular weight excluding hydrogens is 325 g/mol. The molecule has 122 valence electrons. The number of H-pyrrole nitrogens is 1. The SMILES string of the molecule is Nc1nc2c(o1)-c1[nH]c(=O)ncc1C2c1cccc(C(F)(F)F)c1. The van der Waals surface area contributed by atoms with Gasteiger partial charge in [0.1, 0.15) is 5.69 Å². The van der Waals surface area contributed by atoms with Crippen LogP contribution in [0.1, 0.15) is 28.3 Å². The summed E-state index contributed by atoms with van der Waals surface area (Å²) in [6.07, 6.45) is -3.15. The Bertz CT molecular complexity index is 1010. The second kappa shape index (κ2) is 4.70. The molecule has 0 aliphatic heterocycles. The Kier molecular flexibility index (Phi) is 2.84. The Morgan fingerprint density at radius 3 is 2.83 bits per heavy atom. The van der Waals surface area contributed by atoms with Crippen LogP contribution in [0.15, 0.2) is 39.7 Å². The highest BCUT2D eigenvalue weighted by Gasteiger charge is 2.38. The highest BCUT2D eigenvalue weighted by molar-refractivity contribution is 5.72. The van der Waals surface area contributed by atoms with Crippen molar-refractivity contribution in [3.05, 3.63) is 63.3 Å². The Balaban J connectivity index is 1.95. The summed E-state index contributed by atoms with van der Waals surface area (Å²) in [6, 6.07) is 4.77. The molecule has 0 amide bonds. The third kappa shape index (κ3) is 2.08. The maximum Gasteiger partial charge on any atom is 0.416 e. The third-order valence-electron chi connectivity index (χ3n) is 3.87. The summed E-state index contributed by atoms with van der Waals surface area (Å²) >= 11 is 0. The largest absolute Gasteiger partial charge is 0.422 e. The molecule has 0 spiro atoms. The lowest BCUT2D eigenvalue weighted by molar-refractivity contribution is -0.137. The Morgan fingerprint density at radius 1 is 1.29 bits per heavy atom. The van der Waals surface area contributed by atoms with Crippen molar-refractivity contribution in [3.63, 3.8) is 0 Å². The molecule has 9 heteroatoms. The number of hydrogen-bond acceptors (Lipinski definition) is 5. The lowest BCUT2D eigenvalue weighted by Gasteiger charge is -2.14. The first kappa shape index (κ1) is 14.5. The van der Waals surface area contributed by atoms with Crippen LogP contribution in [0.4, 0.5) is 19.2 Å². The van der Waals surface area contributed by atoms with Crippen LogP contribution in [-0.4, -0.2) is 15.0 Å². The normalized spacial score (nSPS) is 16.0. The van der Waals surface area contributed by atoms with Gasteiger partial charge in [-0.25, -0.2) is 9.78 Å². The molecule has 1 aliphatic carbocycles. The number of rotatable bonds is 1. The van der Waals surface area contributed by atoms with Crippen LogP contribution in [0.3, 0.4) is 0 Å².